The lowest BCUT2D eigenvalue weighted by Crippen LogP contribution is -2.29. The third-order valence-electron chi connectivity index (χ3n) is 8.49. The number of phosphoric acid groups is 1. The molecular formula is C37H74NO8P. The van der Waals surface area contributed by atoms with Crippen LogP contribution in [0.4, 0.5) is 0 Å². The van der Waals surface area contributed by atoms with Crippen LogP contribution in [0.5, 0.6) is 0 Å². The van der Waals surface area contributed by atoms with Gasteiger partial charge in [0, 0.05) is 19.4 Å². The lowest BCUT2D eigenvalue weighted by Gasteiger charge is -2.19. The van der Waals surface area contributed by atoms with E-state index in [1.165, 1.54) is 128 Å². The number of hydrogen-bond donors (Lipinski definition) is 2. The van der Waals surface area contributed by atoms with Crippen LogP contribution in [0, 0.1) is 0 Å². The molecule has 0 aromatic rings. The lowest BCUT2D eigenvalue weighted by molar-refractivity contribution is -0.161. The molecule has 0 aliphatic heterocycles. The number of carbonyl (C=O) groups is 2. The Morgan fingerprint density at radius 3 is 1.34 bits per heavy atom. The van der Waals surface area contributed by atoms with Crippen LogP contribution in [0.1, 0.15) is 194 Å². The summed E-state index contributed by atoms with van der Waals surface area (Å²) in [5.41, 5.74) is 5.30. The Morgan fingerprint density at radius 1 is 0.553 bits per heavy atom. The molecule has 2 unspecified atom stereocenters. The molecule has 0 aromatic heterocycles. The van der Waals surface area contributed by atoms with Gasteiger partial charge < -0.3 is 20.1 Å². The molecule has 0 radical (unpaired) electrons. The Kier molecular flexibility index (Phi) is 34.1. The summed E-state index contributed by atoms with van der Waals surface area (Å²) in [5.74, 6) is -0.847. The fourth-order valence-electron chi connectivity index (χ4n) is 5.58. The van der Waals surface area contributed by atoms with Crippen LogP contribution in [-0.4, -0.2) is 49.3 Å². The molecule has 0 saturated heterocycles. The Bertz CT molecular complexity index is 754. The summed E-state index contributed by atoms with van der Waals surface area (Å²) >= 11 is 0. The van der Waals surface area contributed by atoms with E-state index in [0.29, 0.717) is 12.8 Å². The van der Waals surface area contributed by atoms with E-state index in [4.69, 9.17) is 24.3 Å². The van der Waals surface area contributed by atoms with E-state index >= 15 is 0 Å². The number of esters is 2. The van der Waals surface area contributed by atoms with Crippen LogP contribution in [0.2, 0.25) is 0 Å². The Hall–Kier alpha value is -0.990. The first-order chi connectivity index (χ1) is 22.8. The zero-order chi connectivity index (χ0) is 34.7. The van der Waals surface area contributed by atoms with Crippen molar-refractivity contribution in [1.82, 2.24) is 0 Å². The number of hydrogen-bond acceptors (Lipinski definition) is 8. The van der Waals surface area contributed by atoms with E-state index in [-0.39, 0.29) is 32.6 Å². The Balaban J connectivity index is 3.81. The number of phosphoric ester groups is 1. The van der Waals surface area contributed by atoms with Crippen molar-refractivity contribution in [3.05, 3.63) is 0 Å². The van der Waals surface area contributed by atoms with E-state index in [9.17, 15) is 19.0 Å². The molecule has 0 saturated carbocycles. The summed E-state index contributed by atoms with van der Waals surface area (Å²) < 4.78 is 32.3. The van der Waals surface area contributed by atoms with Gasteiger partial charge in [-0.2, -0.15) is 0 Å². The van der Waals surface area contributed by atoms with Gasteiger partial charge in [-0.1, -0.05) is 168 Å². The van der Waals surface area contributed by atoms with Crippen LogP contribution in [0.25, 0.3) is 0 Å². The van der Waals surface area contributed by atoms with E-state index in [1.54, 1.807) is 0 Å². The van der Waals surface area contributed by atoms with Crippen LogP contribution in [0.15, 0.2) is 0 Å². The summed E-state index contributed by atoms with van der Waals surface area (Å²) in [6.45, 7) is 3.56. The molecule has 2 atom stereocenters. The maximum atomic E-state index is 12.4. The van der Waals surface area contributed by atoms with E-state index < -0.39 is 32.5 Å². The molecule has 0 aromatic carbocycles. The van der Waals surface area contributed by atoms with Gasteiger partial charge in [0.1, 0.15) is 6.61 Å². The van der Waals surface area contributed by atoms with Crippen LogP contribution < -0.4 is 5.73 Å². The number of carbonyl (C=O) groups excluding carboxylic acids is 2. The average molecular weight is 692 g/mol. The van der Waals surface area contributed by atoms with E-state index in [1.807, 2.05) is 6.92 Å². The smallest absolute Gasteiger partial charge is 0.462 e. The highest BCUT2D eigenvalue weighted by molar-refractivity contribution is 7.47. The van der Waals surface area contributed by atoms with Crippen molar-refractivity contribution >= 4 is 19.8 Å². The first-order valence-electron chi connectivity index (χ1n) is 19.5. The maximum Gasteiger partial charge on any atom is 0.472 e. The molecule has 10 heteroatoms. The van der Waals surface area contributed by atoms with Gasteiger partial charge in [-0.3, -0.25) is 18.6 Å². The van der Waals surface area contributed by atoms with Crippen molar-refractivity contribution in [2.45, 2.75) is 200 Å². The standard InChI is InChI=1S/C37H74NO8P/c1-3-5-7-8-9-10-11-12-13-14-15-16-17-18-19-20-21-22-23-24-25-26-28-30-37(40)46-35(33-43-36(39)29-27-6-4-2)34-45-47(41,42)44-32-31-38/h35H,3-34,38H2,1-2H3,(H,41,42). The molecule has 0 bridgehead atoms. The van der Waals surface area contributed by atoms with Gasteiger partial charge in [-0.25, -0.2) is 4.57 Å². The van der Waals surface area contributed by atoms with E-state index in [0.717, 1.165) is 25.7 Å². The maximum absolute atomic E-state index is 12.4. The highest BCUT2D eigenvalue weighted by Crippen LogP contribution is 2.43. The summed E-state index contributed by atoms with van der Waals surface area (Å²) in [6.07, 6.45) is 32.4. The molecule has 0 fully saturated rings. The topological polar surface area (TPSA) is 134 Å². The SMILES string of the molecule is CCCCCCCCCCCCCCCCCCCCCCCCCC(=O)OC(COC(=O)CCCCC)COP(=O)(O)OCCN. The first kappa shape index (κ1) is 46.0. The number of unbranched alkanes of at least 4 members (excludes halogenated alkanes) is 24. The highest BCUT2D eigenvalue weighted by Gasteiger charge is 2.25. The zero-order valence-electron chi connectivity index (χ0n) is 30.5. The largest absolute Gasteiger partial charge is 0.472 e. The van der Waals surface area contributed by atoms with Gasteiger partial charge in [0.15, 0.2) is 6.10 Å². The lowest BCUT2D eigenvalue weighted by atomic mass is 10.0. The molecule has 0 aliphatic carbocycles. The number of ether oxygens (including phenoxy) is 2. The fourth-order valence-corrected chi connectivity index (χ4v) is 6.34. The molecule has 3 N–H and O–H groups in total. The second-order valence-corrected chi connectivity index (χ2v) is 14.6. The average Bonchev–Trinajstić information content (AvgIpc) is 3.05. The van der Waals surface area contributed by atoms with Crippen LogP contribution in [0.3, 0.4) is 0 Å². The van der Waals surface area contributed by atoms with Gasteiger partial charge >= 0.3 is 19.8 Å². The summed E-state index contributed by atoms with van der Waals surface area (Å²) in [5, 5.41) is 0. The minimum Gasteiger partial charge on any atom is -0.462 e. The molecule has 280 valence electrons. The minimum atomic E-state index is -4.35. The summed E-state index contributed by atoms with van der Waals surface area (Å²) in [7, 11) is -4.35. The quantitative estimate of drug-likeness (QED) is 0.0371. The molecule has 0 spiro atoms. The van der Waals surface area contributed by atoms with Crippen LogP contribution >= 0.6 is 7.82 Å². The molecule has 47 heavy (non-hydrogen) atoms. The van der Waals surface area contributed by atoms with Gasteiger partial charge in [0.05, 0.1) is 13.2 Å². The van der Waals surface area contributed by atoms with Crippen LogP contribution in [-0.2, 0) is 32.7 Å². The number of nitrogens with two attached hydrogens (primary N) is 1. The van der Waals surface area contributed by atoms with Crippen molar-refractivity contribution in [3.63, 3.8) is 0 Å². The molecular weight excluding hydrogens is 617 g/mol. The van der Waals surface area contributed by atoms with Crippen molar-refractivity contribution in [2.24, 2.45) is 5.73 Å². The van der Waals surface area contributed by atoms with Gasteiger partial charge in [0.2, 0.25) is 0 Å². The van der Waals surface area contributed by atoms with Crippen molar-refractivity contribution < 1.29 is 37.6 Å². The first-order valence-corrected chi connectivity index (χ1v) is 21.0. The normalized spacial score (nSPS) is 13.4. The predicted molar refractivity (Wildman–Crippen MR) is 192 cm³/mol. The number of rotatable bonds is 37. The molecule has 0 rings (SSSR count). The van der Waals surface area contributed by atoms with E-state index in [2.05, 4.69) is 6.92 Å². The van der Waals surface area contributed by atoms with Crippen molar-refractivity contribution in [2.75, 3.05) is 26.4 Å². The Labute approximate surface area is 288 Å². The molecule has 0 aliphatic rings. The fraction of sp³-hybridized carbons (Fsp3) is 0.946. The summed E-state index contributed by atoms with van der Waals surface area (Å²) in [6, 6.07) is 0. The second kappa shape index (κ2) is 34.9. The van der Waals surface area contributed by atoms with Crippen molar-refractivity contribution in [1.29, 1.82) is 0 Å². The highest BCUT2D eigenvalue weighted by atomic mass is 31.2. The molecule has 0 amide bonds. The van der Waals surface area contributed by atoms with Gasteiger partial charge in [-0.15, -0.1) is 0 Å². The third-order valence-corrected chi connectivity index (χ3v) is 9.48. The van der Waals surface area contributed by atoms with Gasteiger partial charge in [-0.05, 0) is 12.8 Å². The minimum absolute atomic E-state index is 0.0568. The third kappa shape index (κ3) is 34.7. The summed E-state index contributed by atoms with van der Waals surface area (Å²) in [4.78, 5) is 34.2. The molecule has 9 nitrogen and oxygen atoms in total. The zero-order valence-corrected chi connectivity index (χ0v) is 31.4. The monoisotopic (exact) mass is 692 g/mol. The second-order valence-electron chi connectivity index (χ2n) is 13.2. The molecule has 0 heterocycles. The predicted octanol–water partition coefficient (Wildman–Crippen LogP) is 10.5. The van der Waals surface area contributed by atoms with Crippen molar-refractivity contribution in [3.8, 4) is 0 Å². The van der Waals surface area contributed by atoms with Gasteiger partial charge in [0.25, 0.3) is 0 Å². The Morgan fingerprint density at radius 2 is 0.915 bits per heavy atom.